The second-order valence-corrected chi connectivity index (χ2v) is 11.1. The quantitative estimate of drug-likeness (QED) is 0.497. The molecule has 1 amide bonds. The summed E-state index contributed by atoms with van der Waals surface area (Å²) in [4.78, 5) is 12.6. The largest absolute Gasteiger partial charge is 0.492 e. The molecular formula is C23H28ClF3N2O4S. The van der Waals surface area contributed by atoms with E-state index in [4.69, 9.17) is 16.3 Å². The van der Waals surface area contributed by atoms with Crippen molar-refractivity contribution in [2.24, 2.45) is 0 Å². The van der Waals surface area contributed by atoms with E-state index in [-0.39, 0.29) is 24.3 Å². The van der Waals surface area contributed by atoms with Gasteiger partial charge in [-0.25, -0.2) is 8.42 Å². The molecule has 0 spiro atoms. The molecule has 2 aromatic carbocycles. The van der Waals surface area contributed by atoms with E-state index in [1.807, 2.05) is 24.3 Å². The van der Waals surface area contributed by atoms with Crippen LogP contribution in [0.5, 0.6) is 5.75 Å². The standard InChI is InChI=1S/C23H28ClF3N2O4S/c1-15(21(30)28-12-13-33-18-9-6-16(7-10-18)22(2,3)4)29(34(5,31)32)17-8-11-20(24)19(14-17)23(25,26)27/h6-11,14-15H,12-13H2,1-5H3,(H,28,30). The topological polar surface area (TPSA) is 75.7 Å². The molecule has 1 unspecified atom stereocenters. The van der Waals surface area contributed by atoms with Crippen molar-refractivity contribution in [3.05, 3.63) is 58.6 Å². The van der Waals surface area contributed by atoms with Crippen LogP contribution in [0.25, 0.3) is 0 Å². The Bertz CT molecular complexity index is 1110. The molecule has 0 saturated heterocycles. The first-order valence-electron chi connectivity index (χ1n) is 10.4. The average molecular weight is 521 g/mol. The summed E-state index contributed by atoms with van der Waals surface area (Å²) < 4.78 is 70.6. The highest BCUT2D eigenvalue weighted by molar-refractivity contribution is 7.92. The lowest BCUT2D eigenvalue weighted by Gasteiger charge is -2.29. The van der Waals surface area contributed by atoms with Crippen molar-refractivity contribution in [3.63, 3.8) is 0 Å². The van der Waals surface area contributed by atoms with Crippen molar-refractivity contribution >= 4 is 33.2 Å². The van der Waals surface area contributed by atoms with Crippen molar-refractivity contribution < 1.29 is 31.1 Å². The van der Waals surface area contributed by atoms with Crippen molar-refractivity contribution in [3.8, 4) is 5.75 Å². The lowest BCUT2D eigenvalue weighted by molar-refractivity contribution is -0.137. The molecule has 0 aliphatic heterocycles. The number of benzene rings is 2. The average Bonchev–Trinajstić information content (AvgIpc) is 2.70. The van der Waals surface area contributed by atoms with Gasteiger partial charge in [0.25, 0.3) is 0 Å². The van der Waals surface area contributed by atoms with Crippen molar-refractivity contribution in [1.82, 2.24) is 5.32 Å². The Morgan fingerprint density at radius 2 is 1.71 bits per heavy atom. The lowest BCUT2D eigenvalue weighted by Crippen LogP contribution is -2.48. The first kappa shape index (κ1) is 27.8. The number of alkyl halides is 3. The van der Waals surface area contributed by atoms with Crippen molar-refractivity contribution in [2.45, 2.75) is 45.3 Å². The Balaban J connectivity index is 2.07. The number of nitrogens with zero attached hydrogens (tertiary/aromatic N) is 1. The Kier molecular flexibility index (Phi) is 8.53. The molecule has 1 N–H and O–H groups in total. The fourth-order valence-corrected chi connectivity index (χ4v) is 4.61. The van der Waals surface area contributed by atoms with E-state index in [9.17, 15) is 26.4 Å². The van der Waals surface area contributed by atoms with Gasteiger partial charge in [0.05, 0.1) is 29.1 Å². The van der Waals surface area contributed by atoms with Gasteiger partial charge in [0.2, 0.25) is 15.9 Å². The molecule has 0 aliphatic carbocycles. The fourth-order valence-electron chi connectivity index (χ4n) is 3.22. The SMILES string of the molecule is CC(C(=O)NCCOc1ccc(C(C)(C)C)cc1)N(c1ccc(Cl)c(C(F)(F)F)c1)S(C)(=O)=O. The maximum Gasteiger partial charge on any atom is 0.417 e. The van der Waals surface area contributed by atoms with E-state index >= 15 is 0 Å². The number of ether oxygens (including phenoxy) is 1. The molecule has 11 heteroatoms. The minimum absolute atomic E-state index is 0.000911. The van der Waals surface area contributed by atoms with E-state index in [0.29, 0.717) is 16.1 Å². The third kappa shape index (κ3) is 7.27. The van der Waals surface area contributed by atoms with Crippen LogP contribution in [0, 0.1) is 0 Å². The van der Waals surface area contributed by atoms with Crippen molar-refractivity contribution in [2.75, 3.05) is 23.7 Å². The molecule has 0 aromatic heterocycles. The number of anilines is 1. The zero-order valence-corrected chi connectivity index (χ0v) is 21.1. The molecule has 2 aromatic rings. The molecular weight excluding hydrogens is 493 g/mol. The van der Waals surface area contributed by atoms with Crippen LogP contribution in [-0.2, 0) is 26.4 Å². The molecule has 188 valence electrons. The zero-order valence-electron chi connectivity index (χ0n) is 19.5. The van der Waals surface area contributed by atoms with Gasteiger partial charge in [-0.2, -0.15) is 13.2 Å². The summed E-state index contributed by atoms with van der Waals surface area (Å²) in [6.45, 7) is 7.74. The van der Waals surface area contributed by atoms with Gasteiger partial charge in [0.1, 0.15) is 18.4 Å². The molecule has 0 heterocycles. The van der Waals surface area contributed by atoms with Gasteiger partial charge in [-0.3, -0.25) is 9.10 Å². The van der Waals surface area contributed by atoms with E-state index in [1.165, 1.54) is 6.92 Å². The molecule has 0 aliphatic rings. The summed E-state index contributed by atoms with van der Waals surface area (Å²) in [5.41, 5.74) is -0.381. The maximum atomic E-state index is 13.2. The second-order valence-electron chi connectivity index (χ2n) is 8.81. The van der Waals surface area contributed by atoms with Crippen LogP contribution in [0.15, 0.2) is 42.5 Å². The maximum absolute atomic E-state index is 13.2. The smallest absolute Gasteiger partial charge is 0.417 e. The summed E-state index contributed by atoms with van der Waals surface area (Å²) in [5, 5.41) is 1.97. The highest BCUT2D eigenvalue weighted by Gasteiger charge is 2.36. The minimum Gasteiger partial charge on any atom is -0.492 e. The molecule has 0 saturated carbocycles. The Hall–Kier alpha value is -2.46. The van der Waals surface area contributed by atoms with Crippen LogP contribution in [0.2, 0.25) is 5.02 Å². The Labute approximate surface area is 203 Å². The number of amides is 1. The number of rotatable bonds is 8. The Morgan fingerprint density at radius 3 is 2.21 bits per heavy atom. The van der Waals surface area contributed by atoms with Crippen LogP contribution in [-0.4, -0.2) is 39.8 Å². The number of nitrogens with one attached hydrogen (secondary N) is 1. The van der Waals surface area contributed by atoms with Crippen LogP contribution < -0.4 is 14.4 Å². The molecule has 0 bridgehead atoms. The van der Waals surface area contributed by atoms with E-state index < -0.39 is 38.7 Å². The van der Waals surface area contributed by atoms with E-state index in [0.717, 1.165) is 24.0 Å². The number of carbonyl (C=O) groups is 1. The third-order valence-corrected chi connectivity index (χ3v) is 6.56. The third-order valence-electron chi connectivity index (χ3n) is 4.99. The number of sulfonamides is 1. The number of halogens is 4. The predicted octanol–water partition coefficient (Wildman–Crippen LogP) is 5.01. The van der Waals surface area contributed by atoms with Gasteiger partial charge < -0.3 is 10.1 Å². The van der Waals surface area contributed by atoms with Gasteiger partial charge in [0.15, 0.2) is 0 Å². The minimum atomic E-state index is -4.79. The molecule has 1 atom stereocenters. The summed E-state index contributed by atoms with van der Waals surface area (Å²) in [7, 11) is -4.10. The molecule has 2 rings (SSSR count). The fraction of sp³-hybridized carbons (Fsp3) is 0.435. The van der Waals surface area contributed by atoms with Crippen LogP contribution in [0.4, 0.5) is 18.9 Å². The van der Waals surface area contributed by atoms with E-state index in [2.05, 4.69) is 26.1 Å². The van der Waals surface area contributed by atoms with Gasteiger partial charge in [0, 0.05) is 0 Å². The predicted molar refractivity (Wildman–Crippen MR) is 127 cm³/mol. The first-order chi connectivity index (χ1) is 15.5. The van der Waals surface area contributed by atoms with E-state index in [1.54, 1.807) is 0 Å². The molecule has 6 nitrogen and oxygen atoms in total. The summed E-state index contributed by atoms with van der Waals surface area (Å²) in [5.74, 6) is -0.0884. The summed E-state index contributed by atoms with van der Waals surface area (Å²) in [6.07, 6.45) is -3.98. The van der Waals surface area contributed by atoms with Crippen LogP contribution >= 0.6 is 11.6 Å². The number of carbonyl (C=O) groups excluding carboxylic acids is 1. The van der Waals surface area contributed by atoms with Gasteiger partial charge in [-0.1, -0.05) is 44.5 Å². The molecule has 0 fully saturated rings. The second kappa shape index (κ2) is 10.4. The Morgan fingerprint density at radius 1 is 1.12 bits per heavy atom. The lowest BCUT2D eigenvalue weighted by atomic mass is 9.87. The van der Waals surface area contributed by atoms with Gasteiger partial charge in [-0.05, 0) is 48.2 Å². The first-order valence-corrected chi connectivity index (χ1v) is 12.6. The zero-order chi connectivity index (χ0) is 25.9. The number of hydrogen-bond acceptors (Lipinski definition) is 4. The van der Waals surface area contributed by atoms with Crippen LogP contribution in [0.3, 0.4) is 0 Å². The van der Waals surface area contributed by atoms with Crippen molar-refractivity contribution in [1.29, 1.82) is 0 Å². The molecule has 0 radical (unpaired) electrons. The summed E-state index contributed by atoms with van der Waals surface area (Å²) >= 11 is 5.63. The highest BCUT2D eigenvalue weighted by atomic mass is 35.5. The number of hydrogen-bond donors (Lipinski definition) is 1. The summed E-state index contributed by atoms with van der Waals surface area (Å²) in [6, 6.07) is 8.88. The van der Waals surface area contributed by atoms with Gasteiger partial charge in [-0.15, -0.1) is 0 Å². The van der Waals surface area contributed by atoms with Crippen LogP contribution in [0.1, 0.15) is 38.8 Å². The normalized spacial score (nSPS) is 13.3. The highest BCUT2D eigenvalue weighted by Crippen LogP contribution is 2.37. The molecule has 34 heavy (non-hydrogen) atoms. The monoisotopic (exact) mass is 520 g/mol. The van der Waals surface area contributed by atoms with Gasteiger partial charge >= 0.3 is 6.18 Å².